The molecule has 0 N–H and O–H groups in total. The molecule has 1 saturated heterocycles. The fourth-order valence-corrected chi connectivity index (χ4v) is 0.279. The van der Waals surface area contributed by atoms with E-state index in [1.54, 1.807) is 0 Å². The molecule has 3 nitrogen and oxygen atoms in total. The van der Waals surface area contributed by atoms with Crippen molar-refractivity contribution >= 4 is 35.9 Å². The van der Waals surface area contributed by atoms with Gasteiger partial charge in [-0.15, -0.1) is 0 Å². The minimum Gasteiger partial charge on any atom is -0.329 e. The van der Waals surface area contributed by atoms with Crippen molar-refractivity contribution in [3.05, 3.63) is 0 Å². The second-order valence-electron chi connectivity index (χ2n) is 0.966. The molecule has 0 aliphatic carbocycles. The monoisotopic (exact) mass is 240 g/mol. The fraction of sp³-hybridized carbons (Fsp3) is 1.00. The molecule has 0 spiro atoms. The van der Waals surface area contributed by atoms with Gasteiger partial charge in [-0.1, -0.05) is 0 Å². The molecular formula is C3H6As2O3. The Bertz CT molecular complexity index is 28.0. The maximum Gasteiger partial charge on any atom is 0.152 e. The number of ether oxygens (including phenoxy) is 3. The van der Waals surface area contributed by atoms with Gasteiger partial charge < -0.3 is 14.2 Å². The van der Waals surface area contributed by atoms with Gasteiger partial charge in [-0.2, -0.15) is 0 Å². The predicted molar refractivity (Wildman–Crippen MR) is 29.4 cm³/mol. The molecule has 0 amide bonds. The summed E-state index contributed by atoms with van der Waals surface area (Å²) in [6.45, 7) is 1.12. The molecule has 1 heterocycles. The molecule has 0 aromatic carbocycles. The fourth-order valence-electron chi connectivity index (χ4n) is 0.279. The molecule has 0 aromatic heterocycles. The van der Waals surface area contributed by atoms with Crippen LogP contribution in [-0.4, -0.2) is 56.3 Å². The first kappa shape index (κ1) is 11.8. The van der Waals surface area contributed by atoms with Gasteiger partial charge >= 0.3 is 0 Å². The number of hydrogen-bond donors (Lipinski definition) is 0. The van der Waals surface area contributed by atoms with Crippen molar-refractivity contribution < 1.29 is 14.2 Å². The Morgan fingerprint density at radius 1 is 0.625 bits per heavy atom. The zero-order valence-electron chi connectivity index (χ0n) is 4.24. The first-order valence-corrected chi connectivity index (χ1v) is 1.73. The van der Waals surface area contributed by atoms with Gasteiger partial charge in [0.15, 0.2) is 20.4 Å². The van der Waals surface area contributed by atoms with Crippen molar-refractivity contribution in [3.63, 3.8) is 0 Å². The maximum absolute atomic E-state index is 4.62. The van der Waals surface area contributed by atoms with E-state index in [1.807, 2.05) is 0 Å². The van der Waals surface area contributed by atoms with Gasteiger partial charge in [0.1, 0.15) is 0 Å². The average Bonchev–Trinajstić information content (AvgIpc) is 1.72. The van der Waals surface area contributed by atoms with Gasteiger partial charge in [-0.05, 0) is 0 Å². The van der Waals surface area contributed by atoms with Crippen molar-refractivity contribution in [2.24, 2.45) is 0 Å². The first-order valence-electron chi connectivity index (χ1n) is 1.73. The quantitative estimate of drug-likeness (QED) is 0.517. The van der Waals surface area contributed by atoms with Crippen LogP contribution in [0.2, 0.25) is 0 Å². The van der Waals surface area contributed by atoms with Crippen LogP contribution in [-0.2, 0) is 14.2 Å². The van der Waals surface area contributed by atoms with E-state index in [0.29, 0.717) is 20.4 Å². The molecule has 1 fully saturated rings. The van der Waals surface area contributed by atoms with E-state index in [1.165, 1.54) is 0 Å². The predicted octanol–water partition coefficient (Wildman–Crippen LogP) is -0.839. The minimum atomic E-state index is 0. The van der Waals surface area contributed by atoms with E-state index < -0.39 is 0 Å². The van der Waals surface area contributed by atoms with Crippen LogP contribution in [0.4, 0.5) is 0 Å². The molecule has 6 radical (unpaired) electrons. The Kier molecular flexibility index (Phi) is 11.7. The van der Waals surface area contributed by atoms with Gasteiger partial charge in [0.25, 0.3) is 0 Å². The summed E-state index contributed by atoms with van der Waals surface area (Å²) in [6.07, 6.45) is 0. The van der Waals surface area contributed by atoms with Crippen molar-refractivity contribution in [2.45, 2.75) is 0 Å². The maximum atomic E-state index is 4.62. The molecule has 0 bridgehead atoms. The normalized spacial score (nSPS) is 18.0. The third-order valence-electron chi connectivity index (χ3n) is 0.500. The Balaban J connectivity index is 0. The van der Waals surface area contributed by atoms with E-state index in [2.05, 4.69) is 14.2 Å². The van der Waals surface area contributed by atoms with Gasteiger partial charge in [0.2, 0.25) is 0 Å². The second kappa shape index (κ2) is 8.00. The van der Waals surface area contributed by atoms with E-state index >= 15 is 0 Å². The van der Waals surface area contributed by atoms with Crippen molar-refractivity contribution in [2.75, 3.05) is 20.4 Å². The smallest absolute Gasteiger partial charge is 0.152 e. The molecule has 1 rings (SSSR count). The van der Waals surface area contributed by atoms with Crippen LogP contribution in [0.25, 0.3) is 0 Å². The van der Waals surface area contributed by atoms with Crippen molar-refractivity contribution in [1.29, 1.82) is 0 Å². The van der Waals surface area contributed by atoms with Crippen LogP contribution in [0.5, 0.6) is 0 Å². The van der Waals surface area contributed by atoms with Crippen LogP contribution in [0, 0.1) is 0 Å². The summed E-state index contributed by atoms with van der Waals surface area (Å²) in [6, 6.07) is 0. The Morgan fingerprint density at radius 3 is 1.00 bits per heavy atom. The number of rotatable bonds is 0. The third kappa shape index (κ3) is 5.14. The molecular weight excluding hydrogens is 234 g/mol. The average molecular weight is 240 g/mol. The van der Waals surface area contributed by atoms with Crippen LogP contribution >= 0.6 is 0 Å². The zero-order valence-corrected chi connectivity index (χ0v) is 7.99. The molecule has 8 heavy (non-hydrogen) atoms. The van der Waals surface area contributed by atoms with Gasteiger partial charge in [0, 0.05) is 35.9 Å². The topological polar surface area (TPSA) is 27.7 Å². The second-order valence-corrected chi connectivity index (χ2v) is 0.966. The summed E-state index contributed by atoms with van der Waals surface area (Å²) in [5.74, 6) is 0. The summed E-state index contributed by atoms with van der Waals surface area (Å²) < 4.78 is 13.9. The molecule has 5 heteroatoms. The summed E-state index contributed by atoms with van der Waals surface area (Å²) in [5.41, 5.74) is 0. The van der Waals surface area contributed by atoms with Crippen LogP contribution in [0.15, 0.2) is 0 Å². The minimum absolute atomic E-state index is 0. The van der Waals surface area contributed by atoms with Crippen molar-refractivity contribution in [1.82, 2.24) is 0 Å². The van der Waals surface area contributed by atoms with Gasteiger partial charge in [0.05, 0.1) is 0 Å². The summed E-state index contributed by atoms with van der Waals surface area (Å²) >= 11 is 0. The third-order valence-corrected chi connectivity index (χ3v) is 0.500. The summed E-state index contributed by atoms with van der Waals surface area (Å²) in [5, 5.41) is 0. The Morgan fingerprint density at radius 2 is 0.875 bits per heavy atom. The largest absolute Gasteiger partial charge is 0.329 e. The van der Waals surface area contributed by atoms with Crippen LogP contribution in [0.3, 0.4) is 0 Å². The SMILES string of the molecule is C1OCOCO1.[As].[As]. The zero-order chi connectivity index (χ0) is 4.24. The molecule has 0 saturated carbocycles. The van der Waals surface area contributed by atoms with Crippen LogP contribution in [0.1, 0.15) is 0 Å². The summed E-state index contributed by atoms with van der Waals surface area (Å²) in [4.78, 5) is 0. The van der Waals surface area contributed by atoms with Gasteiger partial charge in [-0.3, -0.25) is 0 Å². The van der Waals surface area contributed by atoms with Crippen LogP contribution < -0.4 is 0 Å². The molecule has 1 aliphatic rings. The Hall–Kier alpha value is 0.997. The van der Waals surface area contributed by atoms with Crippen molar-refractivity contribution in [3.8, 4) is 0 Å². The van der Waals surface area contributed by atoms with E-state index in [0.717, 1.165) is 0 Å². The molecule has 0 unspecified atom stereocenters. The van der Waals surface area contributed by atoms with E-state index in [-0.39, 0.29) is 35.9 Å². The summed E-state index contributed by atoms with van der Waals surface area (Å²) in [7, 11) is 0. The molecule has 1 aliphatic heterocycles. The Labute approximate surface area is 70.7 Å². The molecule has 46 valence electrons. The molecule has 0 aromatic rings. The number of hydrogen-bond acceptors (Lipinski definition) is 3. The first-order chi connectivity index (χ1) is 3.00. The van der Waals surface area contributed by atoms with E-state index in [9.17, 15) is 0 Å². The standard InChI is InChI=1S/C3H6O3.2As/c1-4-2-6-3-5-1;;/h1-3H2;;. The van der Waals surface area contributed by atoms with Gasteiger partial charge in [-0.25, -0.2) is 0 Å². The van der Waals surface area contributed by atoms with E-state index in [4.69, 9.17) is 0 Å². The molecule has 0 atom stereocenters.